The van der Waals surface area contributed by atoms with Crippen molar-refractivity contribution in [2.24, 2.45) is 50.2 Å². The molecule has 0 heterocycles. The molecular weight excluding hydrogens is 504 g/mol. The molecule has 0 bridgehead atoms. The van der Waals surface area contributed by atoms with E-state index in [1.165, 1.54) is 12.7 Å². The van der Waals surface area contributed by atoms with Gasteiger partial charge in [0.25, 0.3) is 0 Å². The highest BCUT2D eigenvalue weighted by Crippen LogP contribution is 2.75. The van der Waals surface area contributed by atoms with Crippen molar-refractivity contribution in [2.75, 3.05) is 13.7 Å². The van der Waals surface area contributed by atoms with E-state index < -0.39 is 11.4 Å². The summed E-state index contributed by atoms with van der Waals surface area (Å²) in [4.78, 5) is 44.3. The lowest BCUT2D eigenvalue weighted by atomic mass is 9.33. The Hall–Kier alpha value is -1.73. The Morgan fingerprint density at radius 2 is 1.65 bits per heavy atom. The zero-order chi connectivity index (χ0) is 29.5. The molecule has 0 aromatic rings. The van der Waals surface area contributed by atoms with Crippen LogP contribution in [0, 0.1) is 50.2 Å². The van der Waals surface area contributed by atoms with Gasteiger partial charge in [-0.25, -0.2) is 0 Å². The second-order valence-corrected chi connectivity index (χ2v) is 16.1. The molecule has 1 unspecified atom stereocenters. The number of hydrogen-bond donors (Lipinski definition) is 3. The monoisotopic (exact) mass is 556 g/mol. The lowest BCUT2D eigenvalue weighted by Gasteiger charge is -2.70. The van der Waals surface area contributed by atoms with E-state index >= 15 is 0 Å². The number of rotatable bonds is 5. The maximum Gasteiger partial charge on any atom is 0.309 e. The predicted octanol–water partition coefficient (Wildman–Crippen LogP) is 5.69. The van der Waals surface area contributed by atoms with Crippen molar-refractivity contribution in [1.82, 2.24) is 10.8 Å². The van der Waals surface area contributed by atoms with Crippen LogP contribution in [-0.2, 0) is 19.2 Å². The summed E-state index contributed by atoms with van der Waals surface area (Å²) in [5.41, 5.74) is 2.61. The van der Waals surface area contributed by atoms with Crippen LogP contribution in [-0.4, -0.2) is 42.5 Å². The molecule has 5 aliphatic rings. The van der Waals surface area contributed by atoms with E-state index in [1.807, 2.05) is 13.0 Å². The first-order valence-corrected chi connectivity index (χ1v) is 15.5. The van der Waals surface area contributed by atoms with Crippen molar-refractivity contribution in [1.29, 1.82) is 0 Å². The Morgan fingerprint density at radius 3 is 2.30 bits per heavy atom. The van der Waals surface area contributed by atoms with Gasteiger partial charge in [-0.1, -0.05) is 47.1 Å². The Kier molecular flexibility index (Phi) is 6.98. The Morgan fingerprint density at radius 1 is 0.975 bits per heavy atom. The molecule has 0 spiro atoms. The van der Waals surface area contributed by atoms with Crippen molar-refractivity contribution >= 4 is 17.7 Å². The first-order valence-electron chi connectivity index (χ1n) is 15.5. The second kappa shape index (κ2) is 9.39. The molecule has 7 nitrogen and oxygen atoms in total. The number of hydrogen-bond acceptors (Lipinski definition) is 5. The standard InChI is InChI=1S/C33H52N2O5/c1-28(2)23-9-12-33(7)26(31(23,5)11-10-24(28)35-25(37)19-34-40-8)22(36)17-20-21-18-30(4,27(38)39)14-13-29(21,3)15-16-32(20,33)6/h17,21,23-24,26,34H,9-16,18-19H2,1-8H3,(H,35,37)(H,38,39)/t21-,23?,24-,26+,29+,30-,31-,32+,33+/m0/s1. The van der Waals surface area contributed by atoms with Crippen LogP contribution in [0.3, 0.4) is 0 Å². The van der Waals surface area contributed by atoms with Gasteiger partial charge in [-0.15, -0.1) is 0 Å². The minimum absolute atomic E-state index is 0.0489. The van der Waals surface area contributed by atoms with Crippen LogP contribution in [0.25, 0.3) is 0 Å². The molecule has 4 saturated carbocycles. The normalized spacial score (nSPS) is 47.6. The fourth-order valence-electron chi connectivity index (χ4n) is 11.0. The topological polar surface area (TPSA) is 105 Å². The SMILES string of the molecule is CONCC(=O)N[C@H]1CC[C@@]2(C)C(CC[C@]3(C)[C@@H]2C(=O)C=C2[C@@H]4C[C@@](C)(C(=O)O)CC[C@]4(C)CC[C@]23C)C1(C)C. The first kappa shape index (κ1) is 29.8. The highest BCUT2D eigenvalue weighted by molar-refractivity contribution is 5.95. The molecule has 0 aromatic carbocycles. The van der Waals surface area contributed by atoms with Crippen molar-refractivity contribution in [3.8, 4) is 0 Å². The maximum atomic E-state index is 14.5. The largest absolute Gasteiger partial charge is 0.481 e. The molecular formula is C33H52N2O5. The van der Waals surface area contributed by atoms with Crippen LogP contribution in [0.5, 0.6) is 0 Å². The fourth-order valence-corrected chi connectivity index (χ4v) is 11.0. The number of aliphatic carboxylic acids is 1. The molecule has 0 radical (unpaired) electrons. The number of ketones is 1. The Labute approximate surface area is 240 Å². The minimum Gasteiger partial charge on any atom is -0.481 e. The highest BCUT2D eigenvalue weighted by Gasteiger charge is 2.70. The smallest absolute Gasteiger partial charge is 0.309 e. The average Bonchev–Trinajstić information content (AvgIpc) is 2.86. The molecule has 5 rings (SSSR count). The summed E-state index contributed by atoms with van der Waals surface area (Å²) in [6.45, 7) is 16.1. The average molecular weight is 557 g/mol. The van der Waals surface area contributed by atoms with E-state index in [1.54, 1.807) is 0 Å². The molecule has 40 heavy (non-hydrogen) atoms. The molecule has 224 valence electrons. The van der Waals surface area contributed by atoms with E-state index in [4.69, 9.17) is 4.84 Å². The van der Waals surface area contributed by atoms with Crippen LogP contribution in [0.1, 0.15) is 106 Å². The lowest BCUT2D eigenvalue weighted by molar-refractivity contribution is -0.190. The third-order valence-corrected chi connectivity index (χ3v) is 13.8. The molecule has 3 N–H and O–H groups in total. The minimum atomic E-state index is -0.737. The Balaban J connectivity index is 1.51. The zero-order valence-electron chi connectivity index (χ0n) is 26.0. The molecule has 4 fully saturated rings. The van der Waals surface area contributed by atoms with E-state index in [-0.39, 0.29) is 63.2 Å². The lowest BCUT2D eigenvalue weighted by Crippen LogP contribution is -2.68. The summed E-state index contributed by atoms with van der Waals surface area (Å²) in [6.07, 6.45) is 10.2. The number of carboxylic acid groups (broad SMARTS) is 1. The number of allylic oxidation sites excluding steroid dienone is 2. The van der Waals surface area contributed by atoms with E-state index in [0.717, 1.165) is 44.9 Å². The fraction of sp³-hybridized carbons (Fsp3) is 0.848. The predicted molar refractivity (Wildman–Crippen MR) is 154 cm³/mol. The molecule has 0 aromatic heterocycles. The zero-order valence-corrected chi connectivity index (χ0v) is 26.0. The van der Waals surface area contributed by atoms with Gasteiger partial charge in [0.05, 0.1) is 19.1 Å². The summed E-state index contributed by atoms with van der Waals surface area (Å²) < 4.78 is 0. The van der Waals surface area contributed by atoms with Gasteiger partial charge in [-0.05, 0) is 110 Å². The van der Waals surface area contributed by atoms with Gasteiger partial charge in [0.1, 0.15) is 0 Å². The molecule has 0 saturated heterocycles. The molecule has 7 heteroatoms. The van der Waals surface area contributed by atoms with E-state index in [2.05, 4.69) is 52.3 Å². The highest BCUT2D eigenvalue weighted by atomic mass is 16.6. The van der Waals surface area contributed by atoms with Crippen molar-refractivity contribution in [3.63, 3.8) is 0 Å². The van der Waals surface area contributed by atoms with Gasteiger partial charge < -0.3 is 15.3 Å². The number of hydroxylamine groups is 1. The van der Waals surface area contributed by atoms with Crippen LogP contribution >= 0.6 is 0 Å². The molecule has 0 aliphatic heterocycles. The van der Waals surface area contributed by atoms with Crippen LogP contribution in [0.15, 0.2) is 11.6 Å². The van der Waals surface area contributed by atoms with Crippen molar-refractivity contribution < 1.29 is 24.3 Å². The summed E-state index contributed by atoms with van der Waals surface area (Å²) in [5.74, 6) is -0.130. The quantitative estimate of drug-likeness (QED) is 0.376. The third-order valence-electron chi connectivity index (χ3n) is 13.8. The number of nitrogens with one attached hydrogen (secondary N) is 2. The van der Waals surface area contributed by atoms with Crippen molar-refractivity contribution in [2.45, 2.75) is 112 Å². The number of amides is 1. The third kappa shape index (κ3) is 4.00. The summed E-state index contributed by atoms with van der Waals surface area (Å²) in [6, 6.07) is 0.0489. The van der Waals surface area contributed by atoms with Crippen molar-refractivity contribution in [3.05, 3.63) is 11.6 Å². The number of carbonyl (C=O) groups excluding carboxylic acids is 2. The number of fused-ring (bicyclic) bond motifs is 7. The van der Waals surface area contributed by atoms with Gasteiger partial charge in [0.15, 0.2) is 5.78 Å². The number of carboxylic acids is 1. The summed E-state index contributed by atoms with van der Waals surface area (Å²) in [7, 11) is 1.51. The van der Waals surface area contributed by atoms with Gasteiger partial charge in [-0.3, -0.25) is 14.4 Å². The van der Waals surface area contributed by atoms with Crippen LogP contribution in [0.4, 0.5) is 0 Å². The second-order valence-electron chi connectivity index (χ2n) is 16.1. The van der Waals surface area contributed by atoms with Gasteiger partial charge in [-0.2, -0.15) is 5.48 Å². The van der Waals surface area contributed by atoms with E-state index in [0.29, 0.717) is 18.8 Å². The summed E-state index contributed by atoms with van der Waals surface area (Å²) >= 11 is 0. The van der Waals surface area contributed by atoms with Gasteiger partial charge in [0.2, 0.25) is 5.91 Å². The Bertz CT molecular complexity index is 1130. The van der Waals surface area contributed by atoms with Crippen LogP contribution in [0.2, 0.25) is 0 Å². The molecule has 5 aliphatic carbocycles. The molecule has 1 amide bonds. The van der Waals surface area contributed by atoms with Gasteiger partial charge in [0, 0.05) is 12.0 Å². The molecule has 9 atom stereocenters. The van der Waals surface area contributed by atoms with Gasteiger partial charge >= 0.3 is 5.97 Å². The van der Waals surface area contributed by atoms with Crippen LogP contribution < -0.4 is 10.8 Å². The number of carbonyl (C=O) groups is 3. The first-order chi connectivity index (χ1) is 18.5. The maximum absolute atomic E-state index is 14.5. The van der Waals surface area contributed by atoms with E-state index in [9.17, 15) is 19.5 Å². The summed E-state index contributed by atoms with van der Waals surface area (Å²) in [5, 5.41) is 13.4.